The van der Waals surface area contributed by atoms with Crippen molar-refractivity contribution in [2.75, 3.05) is 15.5 Å². The summed E-state index contributed by atoms with van der Waals surface area (Å²) in [5.41, 5.74) is 0.720. The van der Waals surface area contributed by atoms with E-state index in [0.717, 1.165) is 16.3 Å². The Morgan fingerprint density at radius 3 is 2.64 bits per heavy atom. The summed E-state index contributed by atoms with van der Waals surface area (Å²) < 4.78 is 14.9. The minimum Gasteiger partial charge on any atom is -0.363 e. The Bertz CT molecular complexity index is 1140. The number of aliphatic hydroxyl groups is 1. The van der Waals surface area contributed by atoms with Gasteiger partial charge in [-0.2, -0.15) is 0 Å². The monoisotopic (exact) mass is 394 g/mol. The van der Waals surface area contributed by atoms with E-state index >= 15 is 0 Å². The Hall–Kier alpha value is -3.09. The molecule has 5 nitrogen and oxygen atoms in total. The molecule has 1 amide bonds. The maximum atomic E-state index is 14.9. The van der Waals surface area contributed by atoms with Gasteiger partial charge in [-0.25, -0.2) is 4.39 Å². The van der Waals surface area contributed by atoms with Crippen molar-refractivity contribution in [3.63, 3.8) is 0 Å². The SMILES string of the molecule is O=C1c2ccccc2C(O)(c2ccc3c(c2)N[CH]N3)N1c1cccc(Cl)c1F. The Labute approximate surface area is 165 Å². The number of hydrogen-bond donors (Lipinski definition) is 3. The first-order chi connectivity index (χ1) is 13.5. The molecule has 1 atom stereocenters. The second-order valence-corrected chi connectivity index (χ2v) is 7.03. The number of carbonyl (C=O) groups excluding carboxylic acids is 1. The van der Waals surface area contributed by atoms with Gasteiger partial charge in [-0.1, -0.05) is 41.9 Å². The van der Waals surface area contributed by atoms with Gasteiger partial charge in [-0.05, 0) is 30.3 Å². The predicted octanol–water partition coefficient (Wildman–Crippen LogP) is 4.29. The molecule has 1 radical (unpaired) electrons. The fraction of sp³-hybridized carbons (Fsp3) is 0.0476. The van der Waals surface area contributed by atoms with Crippen LogP contribution in [-0.4, -0.2) is 11.0 Å². The minimum absolute atomic E-state index is 0.0886. The third kappa shape index (κ3) is 2.19. The molecule has 0 fully saturated rings. The van der Waals surface area contributed by atoms with Gasteiger partial charge in [0.05, 0.1) is 22.1 Å². The van der Waals surface area contributed by atoms with Crippen molar-refractivity contribution in [3.8, 4) is 0 Å². The van der Waals surface area contributed by atoms with E-state index in [2.05, 4.69) is 10.6 Å². The lowest BCUT2D eigenvalue weighted by atomic mass is 9.93. The van der Waals surface area contributed by atoms with Crippen LogP contribution in [-0.2, 0) is 5.72 Å². The molecule has 7 heteroatoms. The average Bonchev–Trinajstić information content (AvgIpc) is 3.26. The molecule has 0 saturated heterocycles. The molecule has 0 aliphatic carbocycles. The molecule has 28 heavy (non-hydrogen) atoms. The van der Waals surface area contributed by atoms with Gasteiger partial charge in [0, 0.05) is 16.7 Å². The summed E-state index contributed by atoms with van der Waals surface area (Å²) in [6.45, 7) is 1.67. The third-order valence-corrected chi connectivity index (χ3v) is 5.40. The number of amides is 1. The molecule has 2 heterocycles. The maximum Gasteiger partial charge on any atom is 0.261 e. The van der Waals surface area contributed by atoms with Gasteiger partial charge in [-0.3, -0.25) is 9.69 Å². The Morgan fingerprint density at radius 2 is 1.79 bits per heavy atom. The van der Waals surface area contributed by atoms with Gasteiger partial charge in [0.1, 0.15) is 6.67 Å². The summed E-state index contributed by atoms with van der Waals surface area (Å²) in [4.78, 5) is 14.3. The standard InChI is InChI=1S/C21H14ClFN3O2/c22-15-6-3-7-18(19(15)23)26-20(27)13-4-1-2-5-14(13)21(26,28)12-8-9-16-17(10-12)25-11-24-16/h1-11,24-25,28H. The van der Waals surface area contributed by atoms with Crippen molar-refractivity contribution < 1.29 is 14.3 Å². The summed E-state index contributed by atoms with van der Waals surface area (Å²) in [5.74, 6) is -1.27. The fourth-order valence-electron chi connectivity index (χ4n) is 3.79. The van der Waals surface area contributed by atoms with Crippen LogP contribution in [0.2, 0.25) is 5.02 Å². The van der Waals surface area contributed by atoms with Crippen LogP contribution in [0.4, 0.5) is 21.5 Å². The van der Waals surface area contributed by atoms with Gasteiger partial charge in [0.25, 0.3) is 5.91 Å². The number of nitrogens with zero attached hydrogens (tertiary/aromatic N) is 1. The summed E-state index contributed by atoms with van der Waals surface area (Å²) in [6, 6.07) is 16.3. The summed E-state index contributed by atoms with van der Waals surface area (Å²) in [5, 5.41) is 17.8. The molecule has 3 N–H and O–H groups in total. The first kappa shape index (κ1) is 17.0. The molecule has 2 aliphatic heterocycles. The lowest BCUT2D eigenvalue weighted by Gasteiger charge is -2.35. The van der Waals surface area contributed by atoms with Crippen LogP contribution < -0.4 is 15.5 Å². The third-order valence-electron chi connectivity index (χ3n) is 5.11. The average molecular weight is 395 g/mol. The van der Waals surface area contributed by atoms with E-state index < -0.39 is 17.4 Å². The van der Waals surface area contributed by atoms with Gasteiger partial charge in [-0.15, -0.1) is 0 Å². The highest BCUT2D eigenvalue weighted by molar-refractivity contribution is 6.31. The molecule has 0 bridgehead atoms. The van der Waals surface area contributed by atoms with Crippen molar-refractivity contribution in [2.45, 2.75) is 5.72 Å². The smallest absolute Gasteiger partial charge is 0.261 e. The highest BCUT2D eigenvalue weighted by atomic mass is 35.5. The van der Waals surface area contributed by atoms with E-state index in [-0.39, 0.29) is 10.7 Å². The van der Waals surface area contributed by atoms with Crippen LogP contribution in [0.15, 0.2) is 60.7 Å². The molecule has 0 spiro atoms. The van der Waals surface area contributed by atoms with E-state index in [1.165, 1.54) is 12.1 Å². The Balaban J connectivity index is 1.78. The first-order valence-electron chi connectivity index (χ1n) is 8.61. The number of carbonyl (C=O) groups is 1. The summed E-state index contributed by atoms with van der Waals surface area (Å²) >= 11 is 5.95. The van der Waals surface area contributed by atoms with Crippen molar-refractivity contribution in [2.24, 2.45) is 0 Å². The number of fused-ring (bicyclic) bond motifs is 2. The van der Waals surface area contributed by atoms with Crippen LogP contribution in [0.25, 0.3) is 0 Å². The molecule has 3 aromatic carbocycles. The maximum absolute atomic E-state index is 14.9. The van der Waals surface area contributed by atoms with Gasteiger partial charge < -0.3 is 15.7 Å². The zero-order valence-corrected chi connectivity index (χ0v) is 15.2. The van der Waals surface area contributed by atoms with Crippen LogP contribution >= 0.6 is 11.6 Å². The second-order valence-electron chi connectivity index (χ2n) is 6.62. The van der Waals surface area contributed by atoms with E-state index in [4.69, 9.17) is 11.6 Å². The van der Waals surface area contributed by atoms with Gasteiger partial charge in [0.2, 0.25) is 0 Å². The zero-order chi connectivity index (χ0) is 19.5. The second kappa shape index (κ2) is 5.95. The van der Waals surface area contributed by atoms with Crippen LogP contribution in [0, 0.1) is 12.5 Å². The number of halogens is 2. The molecule has 0 saturated carbocycles. The quantitative estimate of drug-likeness (QED) is 0.606. The Kier molecular flexibility index (Phi) is 3.62. The molecule has 139 valence electrons. The molecule has 1 unspecified atom stereocenters. The van der Waals surface area contributed by atoms with E-state index in [0.29, 0.717) is 16.7 Å². The van der Waals surface area contributed by atoms with E-state index in [1.54, 1.807) is 55.2 Å². The van der Waals surface area contributed by atoms with Crippen molar-refractivity contribution in [1.82, 2.24) is 0 Å². The topological polar surface area (TPSA) is 64.6 Å². The molecule has 2 aliphatic rings. The van der Waals surface area contributed by atoms with Crippen molar-refractivity contribution in [3.05, 3.63) is 94.9 Å². The van der Waals surface area contributed by atoms with Gasteiger partial charge in [0.15, 0.2) is 11.5 Å². The van der Waals surface area contributed by atoms with Crippen molar-refractivity contribution >= 4 is 34.6 Å². The number of nitrogens with one attached hydrogen (secondary N) is 2. The number of benzene rings is 3. The first-order valence-corrected chi connectivity index (χ1v) is 8.99. The summed E-state index contributed by atoms with van der Waals surface area (Å²) in [7, 11) is 0. The molecular formula is C21H14ClFN3O2. The molecular weight excluding hydrogens is 381 g/mol. The number of anilines is 3. The van der Waals surface area contributed by atoms with Crippen LogP contribution in [0.3, 0.4) is 0 Å². The van der Waals surface area contributed by atoms with Crippen LogP contribution in [0.5, 0.6) is 0 Å². The van der Waals surface area contributed by atoms with E-state index in [9.17, 15) is 14.3 Å². The Morgan fingerprint density at radius 1 is 1.00 bits per heavy atom. The van der Waals surface area contributed by atoms with E-state index in [1.807, 2.05) is 0 Å². The molecule has 3 aromatic rings. The molecule has 5 rings (SSSR count). The highest BCUT2D eigenvalue weighted by Crippen LogP contribution is 2.47. The van der Waals surface area contributed by atoms with Crippen molar-refractivity contribution in [1.29, 1.82) is 0 Å². The van der Waals surface area contributed by atoms with Gasteiger partial charge >= 0.3 is 0 Å². The largest absolute Gasteiger partial charge is 0.363 e. The lowest BCUT2D eigenvalue weighted by Crippen LogP contribution is -2.45. The number of hydrogen-bond acceptors (Lipinski definition) is 4. The number of rotatable bonds is 2. The zero-order valence-electron chi connectivity index (χ0n) is 14.4. The lowest BCUT2D eigenvalue weighted by molar-refractivity contribution is 0.0699. The predicted molar refractivity (Wildman–Crippen MR) is 106 cm³/mol. The normalized spacial score (nSPS) is 19.8. The minimum atomic E-state index is -1.89. The summed E-state index contributed by atoms with van der Waals surface area (Å²) in [6.07, 6.45) is 0. The molecule has 0 aromatic heterocycles. The van der Waals surface area contributed by atoms with Crippen LogP contribution in [0.1, 0.15) is 21.5 Å². The highest BCUT2D eigenvalue weighted by Gasteiger charge is 2.51. The fourth-order valence-corrected chi connectivity index (χ4v) is 3.96.